The van der Waals surface area contributed by atoms with Crippen molar-refractivity contribution in [3.63, 3.8) is 0 Å². The number of nitrogens with one attached hydrogen (secondary N) is 1. The molecule has 8 heteroatoms. The molecule has 1 heterocycles. The van der Waals surface area contributed by atoms with Gasteiger partial charge in [0.15, 0.2) is 0 Å². The molecule has 1 N–H and O–H groups in total. The van der Waals surface area contributed by atoms with Crippen LogP contribution in [0.15, 0.2) is 89.8 Å². The average Bonchev–Trinajstić information content (AvgIpc) is 2.88. The fourth-order valence-electron chi connectivity index (χ4n) is 3.80. The van der Waals surface area contributed by atoms with Crippen molar-refractivity contribution in [3.8, 4) is 0 Å². The minimum Gasteiger partial charge on any atom is -0.379 e. The van der Waals surface area contributed by atoms with Gasteiger partial charge >= 0.3 is 0 Å². The van der Waals surface area contributed by atoms with Crippen LogP contribution in [0.4, 0.5) is 5.69 Å². The summed E-state index contributed by atoms with van der Waals surface area (Å²) in [6.07, 6.45) is 0. The van der Waals surface area contributed by atoms with Gasteiger partial charge in [0.25, 0.3) is 10.0 Å². The fraction of sp³-hybridized carbons (Fsp3) is 0.269. The maximum absolute atomic E-state index is 13.3. The second-order valence-corrected chi connectivity index (χ2v) is 10.0. The van der Waals surface area contributed by atoms with Crippen molar-refractivity contribution < 1.29 is 17.9 Å². The molecule has 34 heavy (non-hydrogen) atoms. The molecule has 3 aromatic carbocycles. The fourth-order valence-corrected chi connectivity index (χ4v) is 5.24. The maximum Gasteiger partial charge on any atom is 0.264 e. The summed E-state index contributed by atoms with van der Waals surface area (Å²) >= 11 is 0. The lowest BCUT2D eigenvalue weighted by Gasteiger charge is -2.26. The highest BCUT2D eigenvalue weighted by atomic mass is 32.2. The zero-order chi connectivity index (χ0) is 23.8. The number of hydrogen-bond donors (Lipinski definition) is 1. The van der Waals surface area contributed by atoms with Crippen molar-refractivity contribution >= 4 is 21.6 Å². The van der Waals surface area contributed by atoms with Crippen LogP contribution < -0.4 is 9.62 Å². The highest BCUT2D eigenvalue weighted by Gasteiger charge is 2.26. The van der Waals surface area contributed by atoms with Crippen molar-refractivity contribution in [3.05, 3.63) is 96.1 Å². The van der Waals surface area contributed by atoms with E-state index in [9.17, 15) is 13.2 Å². The standard InChI is InChI=1S/C26H29N3O4S/c30-26(27-19-22-11-13-23(14-12-22)20-28-15-17-33-18-16-28)21-29(24-7-3-1-4-8-24)34(31,32)25-9-5-2-6-10-25/h1-14H,15-21H2,(H,27,30). The Labute approximate surface area is 201 Å². The van der Waals surface area contributed by atoms with Crippen molar-refractivity contribution in [2.45, 2.75) is 18.0 Å². The number of rotatable bonds is 9. The van der Waals surface area contributed by atoms with Gasteiger partial charge in [-0.1, -0.05) is 60.7 Å². The smallest absolute Gasteiger partial charge is 0.264 e. The molecule has 4 rings (SSSR count). The van der Waals surface area contributed by atoms with E-state index < -0.39 is 10.0 Å². The van der Waals surface area contributed by atoms with E-state index >= 15 is 0 Å². The van der Waals surface area contributed by atoms with Crippen LogP contribution in [0, 0.1) is 0 Å². The van der Waals surface area contributed by atoms with Gasteiger partial charge in [0.05, 0.1) is 23.8 Å². The van der Waals surface area contributed by atoms with Crippen molar-refractivity contribution in [2.75, 3.05) is 37.2 Å². The number of hydrogen-bond acceptors (Lipinski definition) is 5. The van der Waals surface area contributed by atoms with Crippen molar-refractivity contribution in [2.24, 2.45) is 0 Å². The molecule has 1 aliphatic rings. The zero-order valence-electron chi connectivity index (χ0n) is 19.0. The minimum absolute atomic E-state index is 0.141. The summed E-state index contributed by atoms with van der Waals surface area (Å²) in [6.45, 7) is 4.29. The second kappa shape index (κ2) is 11.3. The molecule has 1 saturated heterocycles. The Bertz CT molecular complexity index is 1160. The molecule has 0 unspecified atom stereocenters. The molecule has 0 atom stereocenters. The van der Waals surface area contributed by atoms with E-state index in [4.69, 9.17) is 4.74 Å². The van der Waals surface area contributed by atoms with Gasteiger partial charge in [-0.15, -0.1) is 0 Å². The summed E-state index contributed by atoms with van der Waals surface area (Å²) in [5.74, 6) is -0.374. The molecule has 0 spiro atoms. The largest absolute Gasteiger partial charge is 0.379 e. The number of morpholine rings is 1. The van der Waals surface area contributed by atoms with Crippen molar-refractivity contribution in [1.29, 1.82) is 0 Å². The normalized spacial score (nSPS) is 14.5. The molecule has 0 aliphatic carbocycles. The summed E-state index contributed by atoms with van der Waals surface area (Å²) in [4.78, 5) is 15.3. The molecule has 7 nitrogen and oxygen atoms in total. The lowest BCUT2D eigenvalue weighted by Crippen LogP contribution is -2.40. The number of carbonyl (C=O) groups excluding carboxylic acids is 1. The molecular weight excluding hydrogens is 450 g/mol. The molecular formula is C26H29N3O4S. The number of sulfonamides is 1. The van der Waals surface area contributed by atoms with Crippen molar-refractivity contribution in [1.82, 2.24) is 10.2 Å². The van der Waals surface area contributed by atoms with E-state index in [1.54, 1.807) is 48.5 Å². The maximum atomic E-state index is 13.3. The number of anilines is 1. The molecule has 178 valence electrons. The molecule has 0 aromatic heterocycles. The van der Waals surface area contributed by atoms with Crippen LogP contribution in [0.25, 0.3) is 0 Å². The highest BCUT2D eigenvalue weighted by Crippen LogP contribution is 2.23. The summed E-state index contributed by atoms with van der Waals surface area (Å²) in [5, 5.41) is 2.85. The van der Waals surface area contributed by atoms with E-state index in [0.717, 1.165) is 42.7 Å². The zero-order valence-corrected chi connectivity index (χ0v) is 19.8. The minimum atomic E-state index is -3.89. The summed E-state index contributed by atoms with van der Waals surface area (Å²) < 4.78 is 33.1. The van der Waals surface area contributed by atoms with Crippen LogP contribution in [-0.2, 0) is 32.6 Å². The van der Waals surface area contributed by atoms with Gasteiger partial charge in [-0.3, -0.25) is 14.0 Å². The third kappa shape index (κ3) is 6.22. The summed E-state index contributed by atoms with van der Waals surface area (Å²) in [7, 11) is -3.89. The third-order valence-electron chi connectivity index (χ3n) is 5.69. The van der Waals surface area contributed by atoms with Crippen LogP contribution >= 0.6 is 0 Å². The Kier molecular flexibility index (Phi) is 7.95. The van der Waals surface area contributed by atoms with Gasteiger partial charge in [0.1, 0.15) is 6.54 Å². The topological polar surface area (TPSA) is 79.0 Å². The predicted octanol–water partition coefficient (Wildman–Crippen LogP) is 3.03. The van der Waals surface area contributed by atoms with Gasteiger partial charge < -0.3 is 10.1 Å². The molecule has 1 amide bonds. The Morgan fingerprint density at radius 2 is 1.44 bits per heavy atom. The van der Waals surface area contributed by atoms with Gasteiger partial charge in [0.2, 0.25) is 5.91 Å². The van der Waals surface area contributed by atoms with Crippen LogP contribution in [0.1, 0.15) is 11.1 Å². The number of ether oxygens (including phenoxy) is 1. The van der Waals surface area contributed by atoms with E-state index in [1.807, 2.05) is 12.1 Å². The van der Waals surface area contributed by atoms with Crippen LogP contribution in [0.5, 0.6) is 0 Å². The lowest BCUT2D eigenvalue weighted by molar-refractivity contribution is -0.119. The van der Waals surface area contributed by atoms with E-state index in [0.29, 0.717) is 12.2 Å². The average molecular weight is 480 g/mol. The van der Waals surface area contributed by atoms with E-state index in [-0.39, 0.29) is 17.3 Å². The molecule has 0 radical (unpaired) electrons. The molecule has 3 aromatic rings. The lowest BCUT2D eigenvalue weighted by atomic mass is 10.1. The first-order valence-corrected chi connectivity index (χ1v) is 12.7. The third-order valence-corrected chi connectivity index (χ3v) is 7.47. The Hall–Kier alpha value is -3.20. The first-order valence-electron chi connectivity index (χ1n) is 11.3. The highest BCUT2D eigenvalue weighted by molar-refractivity contribution is 7.92. The first-order chi connectivity index (χ1) is 16.5. The number of amides is 1. The van der Waals surface area contributed by atoms with E-state index in [2.05, 4.69) is 22.3 Å². The van der Waals surface area contributed by atoms with Gasteiger partial charge in [-0.25, -0.2) is 8.42 Å². The molecule has 1 fully saturated rings. The van der Waals surface area contributed by atoms with Crippen LogP contribution in [-0.4, -0.2) is 52.1 Å². The Morgan fingerprint density at radius 1 is 0.853 bits per heavy atom. The number of carbonyl (C=O) groups is 1. The SMILES string of the molecule is O=C(CN(c1ccccc1)S(=O)(=O)c1ccccc1)NCc1ccc(CN2CCOCC2)cc1. The number of benzene rings is 3. The quantitative estimate of drug-likeness (QED) is 0.510. The predicted molar refractivity (Wildman–Crippen MR) is 132 cm³/mol. The molecule has 0 saturated carbocycles. The summed E-state index contributed by atoms with van der Waals surface area (Å²) in [5.41, 5.74) is 2.60. The van der Waals surface area contributed by atoms with Crippen LogP contribution in [0.2, 0.25) is 0 Å². The van der Waals surface area contributed by atoms with Gasteiger partial charge in [-0.2, -0.15) is 0 Å². The van der Waals surface area contributed by atoms with E-state index in [1.165, 1.54) is 17.7 Å². The number of nitrogens with zero attached hydrogens (tertiary/aromatic N) is 2. The molecule has 0 bridgehead atoms. The van der Waals surface area contributed by atoms with Gasteiger partial charge in [0, 0.05) is 26.2 Å². The first kappa shape index (κ1) is 23.9. The van der Waals surface area contributed by atoms with Gasteiger partial charge in [-0.05, 0) is 35.4 Å². The monoisotopic (exact) mass is 479 g/mol. The summed E-state index contributed by atoms with van der Waals surface area (Å²) in [6, 6.07) is 24.9. The Balaban J connectivity index is 1.39. The second-order valence-electron chi connectivity index (χ2n) is 8.14. The Morgan fingerprint density at radius 3 is 2.09 bits per heavy atom. The van der Waals surface area contributed by atoms with Crippen LogP contribution in [0.3, 0.4) is 0 Å². The number of para-hydroxylation sites is 1. The molecule has 1 aliphatic heterocycles.